The number of likely N-dealkylation sites (N-methyl/N-ethyl adjacent to an activating group) is 1. The maximum absolute atomic E-state index is 5.91. The average molecular weight is 192 g/mol. The summed E-state index contributed by atoms with van der Waals surface area (Å²) in [7, 11) is 0. The molecule has 0 bridgehead atoms. The molecule has 1 aromatic carbocycles. The summed E-state index contributed by atoms with van der Waals surface area (Å²) in [4.78, 5) is 2.26. The topological polar surface area (TPSA) is 38.5 Å². The van der Waals surface area contributed by atoms with Gasteiger partial charge in [0.05, 0.1) is 11.7 Å². The lowest BCUT2D eigenvalue weighted by atomic mass is 10.2. The molecule has 2 rings (SSSR count). The standard InChI is InChI=1S/C11H16N2O/c1-2-13-7-9(12)8-14-11-6-4-3-5-10(11)13/h3-6,9H,2,7-8,12H2,1H3/t9-/m0/s1. The second-order valence-corrected chi connectivity index (χ2v) is 3.58. The number of rotatable bonds is 1. The van der Waals surface area contributed by atoms with Crippen LogP contribution in [0.15, 0.2) is 24.3 Å². The highest BCUT2D eigenvalue weighted by Crippen LogP contribution is 2.29. The van der Waals surface area contributed by atoms with Crippen molar-refractivity contribution in [2.45, 2.75) is 13.0 Å². The summed E-state index contributed by atoms with van der Waals surface area (Å²) in [6.45, 7) is 4.57. The molecular weight excluding hydrogens is 176 g/mol. The molecule has 0 saturated carbocycles. The maximum atomic E-state index is 5.91. The Kier molecular flexibility index (Phi) is 2.59. The molecule has 0 spiro atoms. The van der Waals surface area contributed by atoms with Crippen LogP contribution in [0.2, 0.25) is 0 Å². The van der Waals surface area contributed by atoms with Crippen LogP contribution in [0.4, 0.5) is 5.69 Å². The smallest absolute Gasteiger partial charge is 0.142 e. The molecular formula is C11H16N2O. The zero-order valence-corrected chi connectivity index (χ0v) is 8.44. The molecule has 0 aliphatic carbocycles. The molecule has 0 aromatic heterocycles. The van der Waals surface area contributed by atoms with Crippen molar-refractivity contribution in [3.05, 3.63) is 24.3 Å². The molecule has 3 nitrogen and oxygen atoms in total. The molecule has 14 heavy (non-hydrogen) atoms. The molecule has 0 amide bonds. The molecule has 1 aromatic rings. The van der Waals surface area contributed by atoms with E-state index in [2.05, 4.69) is 17.9 Å². The number of hydrogen-bond acceptors (Lipinski definition) is 3. The molecule has 0 saturated heterocycles. The number of anilines is 1. The minimum Gasteiger partial charge on any atom is -0.490 e. The quantitative estimate of drug-likeness (QED) is 0.727. The first-order valence-electron chi connectivity index (χ1n) is 5.03. The summed E-state index contributed by atoms with van der Waals surface area (Å²) in [6, 6.07) is 8.19. The number of para-hydroxylation sites is 2. The van der Waals surface area contributed by atoms with Crippen molar-refractivity contribution in [2.24, 2.45) is 5.73 Å². The molecule has 0 fully saturated rings. The van der Waals surface area contributed by atoms with Gasteiger partial charge < -0.3 is 15.4 Å². The molecule has 3 heteroatoms. The van der Waals surface area contributed by atoms with Crippen LogP contribution in [0.3, 0.4) is 0 Å². The molecule has 1 aliphatic rings. The van der Waals surface area contributed by atoms with Crippen LogP contribution >= 0.6 is 0 Å². The summed E-state index contributed by atoms with van der Waals surface area (Å²) < 4.78 is 5.63. The Morgan fingerprint density at radius 2 is 2.29 bits per heavy atom. The van der Waals surface area contributed by atoms with Gasteiger partial charge in [0.1, 0.15) is 12.4 Å². The van der Waals surface area contributed by atoms with E-state index >= 15 is 0 Å². The lowest BCUT2D eigenvalue weighted by Gasteiger charge is -2.23. The Hall–Kier alpha value is -1.22. The molecule has 1 atom stereocenters. The fourth-order valence-electron chi connectivity index (χ4n) is 1.77. The van der Waals surface area contributed by atoms with E-state index in [9.17, 15) is 0 Å². The van der Waals surface area contributed by atoms with Gasteiger partial charge in [-0.05, 0) is 19.1 Å². The largest absolute Gasteiger partial charge is 0.490 e. The van der Waals surface area contributed by atoms with E-state index in [-0.39, 0.29) is 6.04 Å². The summed E-state index contributed by atoms with van der Waals surface area (Å²) in [6.07, 6.45) is 0. The van der Waals surface area contributed by atoms with Gasteiger partial charge in [0.25, 0.3) is 0 Å². The highest BCUT2D eigenvalue weighted by atomic mass is 16.5. The van der Waals surface area contributed by atoms with Gasteiger partial charge in [0.2, 0.25) is 0 Å². The molecule has 1 heterocycles. The van der Waals surface area contributed by atoms with E-state index in [0.29, 0.717) is 6.61 Å². The number of nitrogens with two attached hydrogens (primary N) is 1. The number of ether oxygens (including phenoxy) is 1. The number of nitrogens with zero attached hydrogens (tertiary/aromatic N) is 1. The first-order chi connectivity index (χ1) is 6.81. The number of benzene rings is 1. The zero-order chi connectivity index (χ0) is 9.97. The van der Waals surface area contributed by atoms with Crippen LogP contribution < -0.4 is 15.4 Å². The lowest BCUT2D eigenvalue weighted by Crippen LogP contribution is -2.39. The van der Waals surface area contributed by atoms with E-state index in [4.69, 9.17) is 10.5 Å². The van der Waals surface area contributed by atoms with E-state index in [0.717, 1.165) is 24.5 Å². The summed E-state index contributed by atoms with van der Waals surface area (Å²) in [5.74, 6) is 0.947. The van der Waals surface area contributed by atoms with Crippen molar-refractivity contribution < 1.29 is 4.74 Å². The Bertz CT molecular complexity index is 314. The average Bonchev–Trinajstić information content (AvgIpc) is 2.38. The highest BCUT2D eigenvalue weighted by molar-refractivity contribution is 5.59. The van der Waals surface area contributed by atoms with Gasteiger partial charge in [-0.3, -0.25) is 0 Å². The van der Waals surface area contributed by atoms with Crippen molar-refractivity contribution in [3.63, 3.8) is 0 Å². The number of hydrogen-bond donors (Lipinski definition) is 1. The van der Waals surface area contributed by atoms with Crippen molar-refractivity contribution in [3.8, 4) is 5.75 Å². The Labute approximate surface area is 84.5 Å². The Balaban J connectivity index is 2.34. The van der Waals surface area contributed by atoms with Crippen molar-refractivity contribution >= 4 is 5.69 Å². The van der Waals surface area contributed by atoms with Gasteiger partial charge in [0, 0.05) is 13.1 Å². The minimum atomic E-state index is 0.0994. The van der Waals surface area contributed by atoms with E-state index in [1.807, 2.05) is 18.2 Å². The van der Waals surface area contributed by atoms with Gasteiger partial charge >= 0.3 is 0 Å². The molecule has 1 aliphatic heterocycles. The third kappa shape index (κ3) is 1.68. The predicted octanol–water partition coefficient (Wildman–Crippen LogP) is 1.23. The molecule has 0 unspecified atom stereocenters. The van der Waals surface area contributed by atoms with Crippen molar-refractivity contribution in [2.75, 3.05) is 24.6 Å². The van der Waals surface area contributed by atoms with Gasteiger partial charge in [-0.2, -0.15) is 0 Å². The van der Waals surface area contributed by atoms with E-state index < -0.39 is 0 Å². The zero-order valence-electron chi connectivity index (χ0n) is 8.44. The van der Waals surface area contributed by atoms with Crippen LogP contribution in [0.5, 0.6) is 5.75 Å². The summed E-state index contributed by atoms with van der Waals surface area (Å²) in [5.41, 5.74) is 7.07. The van der Waals surface area contributed by atoms with Crippen LogP contribution in [0.25, 0.3) is 0 Å². The van der Waals surface area contributed by atoms with E-state index in [1.54, 1.807) is 0 Å². The van der Waals surface area contributed by atoms with Gasteiger partial charge in [-0.25, -0.2) is 0 Å². The Morgan fingerprint density at radius 3 is 3.07 bits per heavy atom. The molecule has 0 radical (unpaired) electrons. The number of fused-ring (bicyclic) bond motifs is 1. The molecule has 76 valence electrons. The maximum Gasteiger partial charge on any atom is 0.142 e. The fourth-order valence-corrected chi connectivity index (χ4v) is 1.77. The first kappa shape index (κ1) is 9.34. The second kappa shape index (κ2) is 3.88. The van der Waals surface area contributed by atoms with Crippen molar-refractivity contribution in [1.82, 2.24) is 0 Å². The monoisotopic (exact) mass is 192 g/mol. The molecule has 2 N–H and O–H groups in total. The van der Waals surface area contributed by atoms with Crippen LogP contribution in [0.1, 0.15) is 6.92 Å². The third-order valence-corrected chi connectivity index (χ3v) is 2.50. The highest BCUT2D eigenvalue weighted by Gasteiger charge is 2.18. The Morgan fingerprint density at radius 1 is 1.50 bits per heavy atom. The third-order valence-electron chi connectivity index (χ3n) is 2.50. The lowest BCUT2D eigenvalue weighted by molar-refractivity contribution is 0.300. The summed E-state index contributed by atoms with van der Waals surface area (Å²) >= 11 is 0. The summed E-state index contributed by atoms with van der Waals surface area (Å²) in [5, 5.41) is 0. The minimum absolute atomic E-state index is 0.0994. The van der Waals surface area contributed by atoms with Crippen molar-refractivity contribution in [1.29, 1.82) is 0 Å². The SMILES string of the molecule is CCN1C[C@H](N)COc2ccccc21. The van der Waals surface area contributed by atoms with Gasteiger partial charge in [-0.15, -0.1) is 0 Å². The fraction of sp³-hybridized carbons (Fsp3) is 0.455. The van der Waals surface area contributed by atoms with Crippen LogP contribution in [-0.2, 0) is 0 Å². The first-order valence-corrected chi connectivity index (χ1v) is 5.03. The van der Waals surface area contributed by atoms with Gasteiger partial charge in [0.15, 0.2) is 0 Å². The van der Waals surface area contributed by atoms with Crippen LogP contribution in [-0.4, -0.2) is 25.7 Å². The normalized spacial score (nSPS) is 21.0. The predicted molar refractivity (Wildman–Crippen MR) is 57.8 cm³/mol. The second-order valence-electron chi connectivity index (χ2n) is 3.58. The van der Waals surface area contributed by atoms with Gasteiger partial charge in [-0.1, -0.05) is 12.1 Å². The van der Waals surface area contributed by atoms with Crippen LogP contribution in [0, 0.1) is 0 Å². The van der Waals surface area contributed by atoms with E-state index in [1.165, 1.54) is 0 Å².